The van der Waals surface area contributed by atoms with Gasteiger partial charge in [-0.25, -0.2) is 4.98 Å². The number of nitrogens with zero attached hydrogens (tertiary/aromatic N) is 1. The van der Waals surface area contributed by atoms with Crippen molar-refractivity contribution in [2.24, 2.45) is 0 Å². The monoisotopic (exact) mass is 557 g/mol. The molecule has 32 heavy (non-hydrogen) atoms. The lowest BCUT2D eigenvalue weighted by Crippen LogP contribution is -2.34. The molecular weight excluding hydrogens is 537 g/mol. The van der Waals surface area contributed by atoms with Crippen LogP contribution in [-0.2, 0) is 6.42 Å². The summed E-state index contributed by atoms with van der Waals surface area (Å²) in [5.41, 5.74) is 4.70. The third-order valence-corrected chi connectivity index (χ3v) is 5.91. The van der Waals surface area contributed by atoms with Crippen molar-refractivity contribution in [2.75, 3.05) is 5.32 Å². The Morgan fingerprint density at radius 1 is 1.16 bits per heavy atom. The summed E-state index contributed by atoms with van der Waals surface area (Å²) in [5.74, 6) is 0.0818. The Hall–Kier alpha value is -2.98. The SMILES string of the molecule is CCc1ccc2oc(-c3cc(NC(=S)NC(=O)c4ccc(I)cc4)cc(C)c3O)nc2c1. The molecule has 8 heteroatoms. The summed E-state index contributed by atoms with van der Waals surface area (Å²) in [5, 5.41) is 16.4. The first-order valence-corrected chi connectivity index (χ1v) is 11.4. The highest BCUT2D eigenvalue weighted by atomic mass is 127. The van der Waals surface area contributed by atoms with Gasteiger partial charge in [-0.3, -0.25) is 10.1 Å². The van der Waals surface area contributed by atoms with Gasteiger partial charge in [0, 0.05) is 14.8 Å². The van der Waals surface area contributed by atoms with Crippen LogP contribution in [0, 0.1) is 10.5 Å². The number of aryl methyl sites for hydroxylation is 2. The van der Waals surface area contributed by atoms with E-state index in [9.17, 15) is 9.90 Å². The van der Waals surface area contributed by atoms with E-state index < -0.39 is 0 Å². The minimum Gasteiger partial charge on any atom is -0.507 e. The number of amides is 1. The third kappa shape index (κ3) is 4.76. The molecule has 0 bridgehead atoms. The van der Waals surface area contributed by atoms with Gasteiger partial charge in [0.05, 0.1) is 5.56 Å². The highest BCUT2D eigenvalue weighted by Crippen LogP contribution is 2.36. The van der Waals surface area contributed by atoms with Crippen molar-refractivity contribution in [3.05, 3.63) is 74.9 Å². The summed E-state index contributed by atoms with van der Waals surface area (Å²) in [6.45, 7) is 3.85. The predicted octanol–water partition coefficient (Wildman–Crippen LogP) is 5.80. The third-order valence-electron chi connectivity index (χ3n) is 4.98. The van der Waals surface area contributed by atoms with E-state index in [0.29, 0.717) is 33.9 Å². The number of hydrogen-bond donors (Lipinski definition) is 3. The summed E-state index contributed by atoms with van der Waals surface area (Å²) in [6, 6.07) is 16.5. The number of aromatic hydroxyl groups is 1. The highest BCUT2D eigenvalue weighted by molar-refractivity contribution is 14.1. The lowest BCUT2D eigenvalue weighted by molar-refractivity contribution is 0.0977. The Morgan fingerprint density at radius 2 is 1.91 bits per heavy atom. The van der Waals surface area contributed by atoms with E-state index in [1.807, 2.05) is 30.3 Å². The van der Waals surface area contributed by atoms with E-state index in [-0.39, 0.29) is 16.8 Å². The second-order valence-electron chi connectivity index (χ2n) is 7.28. The maximum Gasteiger partial charge on any atom is 0.257 e. The Morgan fingerprint density at radius 3 is 2.62 bits per heavy atom. The molecular formula is C24H20IN3O3S. The number of carbonyl (C=O) groups excluding carboxylic acids is 1. The van der Waals surface area contributed by atoms with E-state index in [0.717, 1.165) is 21.1 Å². The summed E-state index contributed by atoms with van der Waals surface area (Å²) in [6.07, 6.45) is 0.896. The van der Waals surface area contributed by atoms with E-state index in [2.05, 4.69) is 45.1 Å². The number of aromatic nitrogens is 1. The number of hydrogen-bond acceptors (Lipinski definition) is 5. The van der Waals surface area contributed by atoms with Crippen LogP contribution in [0.1, 0.15) is 28.4 Å². The standard InChI is InChI=1S/C24H20IN3O3S/c1-3-14-4-9-20-19(11-14)27-23(31-20)18-12-17(10-13(2)21(18)29)26-24(32)28-22(30)15-5-7-16(25)8-6-15/h4-12,29H,3H2,1-2H3,(H2,26,28,30,32). The summed E-state index contributed by atoms with van der Waals surface area (Å²) < 4.78 is 6.92. The molecule has 162 valence electrons. The van der Waals surface area contributed by atoms with Gasteiger partial charge in [0.25, 0.3) is 5.91 Å². The van der Waals surface area contributed by atoms with Crippen LogP contribution in [0.25, 0.3) is 22.6 Å². The first-order chi connectivity index (χ1) is 15.3. The maximum absolute atomic E-state index is 12.4. The van der Waals surface area contributed by atoms with Gasteiger partial charge in [0.2, 0.25) is 5.89 Å². The Bertz CT molecular complexity index is 1330. The van der Waals surface area contributed by atoms with Gasteiger partial charge < -0.3 is 14.8 Å². The molecule has 0 saturated carbocycles. The second-order valence-corrected chi connectivity index (χ2v) is 8.93. The lowest BCUT2D eigenvalue weighted by atomic mass is 10.1. The Balaban J connectivity index is 1.57. The van der Waals surface area contributed by atoms with E-state index in [1.54, 1.807) is 31.2 Å². The molecule has 6 nitrogen and oxygen atoms in total. The molecule has 3 aromatic carbocycles. The number of phenolic OH excluding ortho intramolecular Hbond substituents is 1. The van der Waals surface area contributed by atoms with Gasteiger partial charge >= 0.3 is 0 Å². The van der Waals surface area contributed by atoms with Crippen molar-refractivity contribution in [1.82, 2.24) is 10.3 Å². The molecule has 0 unspecified atom stereocenters. The van der Waals surface area contributed by atoms with Crippen LogP contribution in [0.5, 0.6) is 5.75 Å². The topological polar surface area (TPSA) is 87.4 Å². The number of phenols is 1. The molecule has 1 aromatic heterocycles. The summed E-state index contributed by atoms with van der Waals surface area (Å²) >= 11 is 7.49. The Kier molecular flexibility index (Phi) is 6.43. The van der Waals surface area contributed by atoms with Crippen LogP contribution in [-0.4, -0.2) is 21.1 Å². The zero-order valence-electron chi connectivity index (χ0n) is 17.4. The van der Waals surface area contributed by atoms with E-state index in [4.69, 9.17) is 16.6 Å². The zero-order chi connectivity index (χ0) is 22.8. The molecule has 0 saturated heterocycles. The Labute approximate surface area is 204 Å². The van der Waals surface area contributed by atoms with Gasteiger partial charge in [-0.1, -0.05) is 13.0 Å². The molecule has 0 radical (unpaired) electrons. The van der Waals surface area contributed by atoms with Crippen molar-refractivity contribution in [2.45, 2.75) is 20.3 Å². The van der Waals surface area contributed by atoms with Crippen molar-refractivity contribution in [3.63, 3.8) is 0 Å². The van der Waals surface area contributed by atoms with Crippen LogP contribution < -0.4 is 10.6 Å². The van der Waals surface area contributed by atoms with Crippen LogP contribution in [0.3, 0.4) is 0 Å². The fourth-order valence-electron chi connectivity index (χ4n) is 3.26. The average Bonchev–Trinajstić information content (AvgIpc) is 3.19. The molecule has 1 heterocycles. The van der Waals surface area contributed by atoms with Gasteiger partial charge in [-0.15, -0.1) is 0 Å². The van der Waals surface area contributed by atoms with Crippen molar-refractivity contribution < 1.29 is 14.3 Å². The molecule has 0 aliphatic rings. The normalized spacial score (nSPS) is 10.8. The minimum absolute atomic E-state index is 0.0756. The van der Waals surface area contributed by atoms with E-state index in [1.165, 1.54) is 0 Å². The number of nitrogens with one attached hydrogen (secondary N) is 2. The van der Waals surface area contributed by atoms with Crippen LogP contribution in [0.4, 0.5) is 5.69 Å². The first-order valence-electron chi connectivity index (χ1n) is 9.95. The average molecular weight is 557 g/mol. The fraction of sp³-hybridized carbons (Fsp3) is 0.125. The van der Waals surface area contributed by atoms with Gasteiger partial charge in [-0.05, 0) is 108 Å². The van der Waals surface area contributed by atoms with Gasteiger partial charge in [-0.2, -0.15) is 0 Å². The van der Waals surface area contributed by atoms with Gasteiger partial charge in [0.15, 0.2) is 10.7 Å². The number of rotatable bonds is 4. The predicted molar refractivity (Wildman–Crippen MR) is 138 cm³/mol. The zero-order valence-corrected chi connectivity index (χ0v) is 20.4. The number of fused-ring (bicyclic) bond motifs is 1. The van der Waals surface area contributed by atoms with Crippen LogP contribution >= 0.6 is 34.8 Å². The molecule has 0 fully saturated rings. The number of thiocarbonyl (C=S) groups is 1. The van der Waals surface area contributed by atoms with Crippen LogP contribution in [0.15, 0.2) is 59.0 Å². The van der Waals surface area contributed by atoms with Crippen molar-refractivity contribution in [3.8, 4) is 17.2 Å². The number of anilines is 1. The highest BCUT2D eigenvalue weighted by Gasteiger charge is 2.17. The minimum atomic E-state index is -0.305. The molecule has 4 aromatic rings. The molecule has 0 atom stereocenters. The molecule has 3 N–H and O–H groups in total. The molecule has 4 rings (SSSR count). The smallest absolute Gasteiger partial charge is 0.257 e. The fourth-order valence-corrected chi connectivity index (χ4v) is 3.83. The largest absolute Gasteiger partial charge is 0.507 e. The summed E-state index contributed by atoms with van der Waals surface area (Å²) in [4.78, 5) is 17.0. The number of carbonyl (C=O) groups is 1. The second kappa shape index (κ2) is 9.25. The van der Waals surface area contributed by atoms with Crippen molar-refractivity contribution in [1.29, 1.82) is 0 Å². The maximum atomic E-state index is 12.4. The van der Waals surface area contributed by atoms with Crippen LogP contribution in [0.2, 0.25) is 0 Å². The van der Waals surface area contributed by atoms with Crippen molar-refractivity contribution >= 4 is 62.6 Å². The lowest BCUT2D eigenvalue weighted by Gasteiger charge is -2.12. The van der Waals surface area contributed by atoms with Gasteiger partial charge in [0.1, 0.15) is 11.3 Å². The molecule has 1 amide bonds. The molecule has 0 aliphatic carbocycles. The summed E-state index contributed by atoms with van der Waals surface area (Å²) in [7, 11) is 0. The van der Waals surface area contributed by atoms with E-state index >= 15 is 0 Å². The molecule has 0 spiro atoms. The number of benzene rings is 3. The number of halogens is 1. The molecule has 0 aliphatic heterocycles. The quantitative estimate of drug-likeness (QED) is 0.167. The number of oxazole rings is 1. The first kappa shape index (κ1) is 22.2.